The molecule has 2 aliphatic heterocycles. The van der Waals surface area contributed by atoms with Crippen LogP contribution in [-0.2, 0) is 6.54 Å². The second kappa shape index (κ2) is 10.9. The molecule has 4 rings (SSSR count). The van der Waals surface area contributed by atoms with E-state index in [2.05, 4.69) is 20.4 Å². The Balaban J connectivity index is 1.36. The van der Waals surface area contributed by atoms with E-state index in [0.29, 0.717) is 22.8 Å². The highest BCUT2D eigenvalue weighted by molar-refractivity contribution is 6.31. The Morgan fingerprint density at radius 2 is 1.68 bits per heavy atom. The highest BCUT2D eigenvalue weighted by Gasteiger charge is 2.39. The molecule has 0 aromatic heterocycles. The van der Waals surface area contributed by atoms with Crippen LogP contribution in [-0.4, -0.2) is 90.2 Å². The van der Waals surface area contributed by atoms with Crippen molar-refractivity contribution in [2.24, 2.45) is 0 Å². The number of halogens is 2. The van der Waals surface area contributed by atoms with Crippen LogP contribution in [0.2, 0.25) is 10.0 Å². The minimum Gasteiger partial charge on any atom is -0.390 e. The molecule has 2 unspecified atom stereocenters. The van der Waals surface area contributed by atoms with Crippen LogP contribution in [0.4, 0.5) is 10.5 Å². The molecule has 34 heavy (non-hydrogen) atoms. The van der Waals surface area contributed by atoms with Crippen molar-refractivity contribution in [3.63, 3.8) is 0 Å². The molecule has 0 aliphatic carbocycles. The molecule has 0 bridgehead atoms. The molecule has 0 spiro atoms. The maximum Gasteiger partial charge on any atom is 0.318 e. The average Bonchev–Trinajstić information content (AvgIpc) is 3.22. The number of likely N-dealkylation sites (tertiary alicyclic amines) is 1. The first-order chi connectivity index (χ1) is 16.3. The summed E-state index contributed by atoms with van der Waals surface area (Å²) in [5.74, 6) is -0.244. The summed E-state index contributed by atoms with van der Waals surface area (Å²) in [4.78, 5) is 31.4. The standard InChI is InChI=1S/C24H29Cl2N5O3/c1-27-24(34)28-20-12-18(26)6-7-19(20)23(33)31-14-21(22(32)15-31)30-10-8-29(9-11-30)13-16-2-4-17(25)5-3-16/h2-7,12,21-22,32H,8-11,13-15H2,1H3,(H2,27,28,34). The number of hydrogen-bond donors (Lipinski definition) is 3. The number of aliphatic hydroxyl groups is 1. The van der Waals surface area contributed by atoms with E-state index in [-0.39, 0.29) is 18.5 Å². The van der Waals surface area contributed by atoms with Crippen LogP contribution < -0.4 is 10.6 Å². The van der Waals surface area contributed by atoms with Gasteiger partial charge in [0.2, 0.25) is 0 Å². The lowest BCUT2D eigenvalue weighted by Gasteiger charge is -2.38. The van der Waals surface area contributed by atoms with Gasteiger partial charge in [-0.05, 0) is 35.9 Å². The van der Waals surface area contributed by atoms with Crippen molar-refractivity contribution in [2.45, 2.75) is 18.7 Å². The third-order valence-corrected chi connectivity index (χ3v) is 6.92. The summed E-state index contributed by atoms with van der Waals surface area (Å²) >= 11 is 12.1. The van der Waals surface area contributed by atoms with Crippen molar-refractivity contribution < 1.29 is 14.7 Å². The number of urea groups is 1. The SMILES string of the molecule is CNC(=O)Nc1cc(Cl)ccc1C(=O)N1CC(O)C(N2CCN(Cc3ccc(Cl)cc3)CC2)C1. The second-order valence-electron chi connectivity index (χ2n) is 8.68. The Bertz CT molecular complexity index is 1030. The van der Waals surface area contributed by atoms with E-state index in [1.807, 2.05) is 24.3 Å². The van der Waals surface area contributed by atoms with Crippen molar-refractivity contribution in [1.82, 2.24) is 20.0 Å². The van der Waals surface area contributed by atoms with Crippen LogP contribution in [0.15, 0.2) is 42.5 Å². The fourth-order valence-electron chi connectivity index (χ4n) is 4.56. The Hall–Kier alpha value is -2.36. The summed E-state index contributed by atoms with van der Waals surface area (Å²) in [5, 5.41) is 17.0. The highest BCUT2D eigenvalue weighted by Crippen LogP contribution is 2.26. The number of nitrogens with zero attached hydrogens (tertiary/aromatic N) is 3. The van der Waals surface area contributed by atoms with Gasteiger partial charge in [0.25, 0.3) is 5.91 Å². The van der Waals surface area contributed by atoms with Gasteiger partial charge in [0, 0.05) is 62.9 Å². The Kier molecular flexibility index (Phi) is 7.95. The number of β-amino-alcohol motifs (C(OH)–C–C–N with tert-alkyl or cyclic N) is 1. The highest BCUT2D eigenvalue weighted by atomic mass is 35.5. The molecule has 2 aromatic carbocycles. The van der Waals surface area contributed by atoms with Gasteiger partial charge in [0.15, 0.2) is 0 Å². The normalized spacial score (nSPS) is 21.5. The predicted octanol–water partition coefficient (Wildman–Crippen LogP) is 2.75. The Labute approximate surface area is 209 Å². The first-order valence-electron chi connectivity index (χ1n) is 11.3. The van der Waals surface area contributed by atoms with Crippen LogP contribution in [0.5, 0.6) is 0 Å². The van der Waals surface area contributed by atoms with Gasteiger partial charge in [-0.2, -0.15) is 0 Å². The average molecular weight is 506 g/mol. The summed E-state index contributed by atoms with van der Waals surface area (Å²) in [6, 6.07) is 12.1. The first kappa shape index (κ1) is 24.8. The van der Waals surface area contributed by atoms with Gasteiger partial charge in [0.05, 0.1) is 23.4 Å². The molecule has 2 saturated heterocycles. The molecule has 0 saturated carbocycles. The van der Waals surface area contributed by atoms with Gasteiger partial charge in [-0.1, -0.05) is 35.3 Å². The van der Waals surface area contributed by atoms with E-state index in [4.69, 9.17) is 23.2 Å². The molecule has 182 valence electrons. The molecule has 2 aromatic rings. The number of aliphatic hydroxyl groups excluding tert-OH is 1. The molecular weight excluding hydrogens is 477 g/mol. The zero-order valence-electron chi connectivity index (χ0n) is 19.0. The zero-order chi connectivity index (χ0) is 24.2. The van der Waals surface area contributed by atoms with Gasteiger partial charge in [-0.25, -0.2) is 4.79 Å². The number of hydrogen-bond acceptors (Lipinski definition) is 5. The molecule has 2 heterocycles. The van der Waals surface area contributed by atoms with E-state index in [1.165, 1.54) is 12.6 Å². The van der Waals surface area contributed by atoms with Crippen molar-refractivity contribution in [1.29, 1.82) is 0 Å². The van der Waals surface area contributed by atoms with Crippen LogP contribution in [0.3, 0.4) is 0 Å². The second-order valence-corrected chi connectivity index (χ2v) is 9.55. The number of rotatable bonds is 5. The number of anilines is 1. The molecular formula is C24H29Cl2N5O3. The number of benzene rings is 2. The zero-order valence-corrected chi connectivity index (χ0v) is 20.5. The third-order valence-electron chi connectivity index (χ3n) is 6.43. The quantitative estimate of drug-likeness (QED) is 0.581. The van der Waals surface area contributed by atoms with Crippen molar-refractivity contribution in [2.75, 3.05) is 51.6 Å². The van der Waals surface area contributed by atoms with Gasteiger partial charge in [-0.3, -0.25) is 14.6 Å². The van der Waals surface area contributed by atoms with E-state index >= 15 is 0 Å². The summed E-state index contributed by atoms with van der Waals surface area (Å²) in [7, 11) is 1.50. The van der Waals surface area contributed by atoms with E-state index in [1.54, 1.807) is 23.1 Å². The number of piperazine rings is 1. The minimum atomic E-state index is -0.630. The van der Waals surface area contributed by atoms with Crippen LogP contribution >= 0.6 is 23.2 Å². The molecule has 8 nitrogen and oxygen atoms in total. The van der Waals surface area contributed by atoms with Gasteiger partial charge in [-0.15, -0.1) is 0 Å². The molecule has 3 amide bonds. The lowest BCUT2D eigenvalue weighted by molar-refractivity contribution is 0.0423. The number of amides is 3. The van der Waals surface area contributed by atoms with Crippen molar-refractivity contribution >= 4 is 40.8 Å². The molecule has 0 radical (unpaired) electrons. The number of carbonyl (C=O) groups excluding carboxylic acids is 2. The first-order valence-corrected chi connectivity index (χ1v) is 12.1. The fraction of sp³-hybridized carbons (Fsp3) is 0.417. The van der Waals surface area contributed by atoms with Crippen LogP contribution in [0, 0.1) is 0 Å². The summed E-state index contributed by atoms with van der Waals surface area (Å²) in [6.07, 6.45) is -0.630. The smallest absolute Gasteiger partial charge is 0.318 e. The van der Waals surface area contributed by atoms with E-state index < -0.39 is 12.1 Å². The molecule has 2 fully saturated rings. The molecule has 3 N–H and O–H groups in total. The van der Waals surface area contributed by atoms with Crippen LogP contribution in [0.1, 0.15) is 15.9 Å². The fourth-order valence-corrected chi connectivity index (χ4v) is 4.85. The number of carbonyl (C=O) groups is 2. The third kappa shape index (κ3) is 5.82. The minimum absolute atomic E-state index is 0.121. The summed E-state index contributed by atoms with van der Waals surface area (Å²) < 4.78 is 0. The largest absolute Gasteiger partial charge is 0.390 e. The van der Waals surface area contributed by atoms with Crippen molar-refractivity contribution in [3.8, 4) is 0 Å². The summed E-state index contributed by atoms with van der Waals surface area (Å²) in [5.41, 5.74) is 1.90. The maximum absolute atomic E-state index is 13.3. The molecule has 10 heteroatoms. The molecule has 2 aliphatic rings. The Morgan fingerprint density at radius 3 is 2.35 bits per heavy atom. The van der Waals surface area contributed by atoms with E-state index in [0.717, 1.165) is 37.7 Å². The maximum atomic E-state index is 13.3. The van der Waals surface area contributed by atoms with Crippen LogP contribution in [0.25, 0.3) is 0 Å². The molecule has 2 atom stereocenters. The monoisotopic (exact) mass is 505 g/mol. The van der Waals surface area contributed by atoms with Gasteiger partial charge >= 0.3 is 6.03 Å². The predicted molar refractivity (Wildman–Crippen MR) is 134 cm³/mol. The number of nitrogens with one attached hydrogen (secondary N) is 2. The topological polar surface area (TPSA) is 88.1 Å². The lowest BCUT2D eigenvalue weighted by atomic mass is 10.1. The summed E-state index contributed by atoms with van der Waals surface area (Å²) in [6.45, 7) is 4.95. The van der Waals surface area contributed by atoms with Gasteiger partial charge < -0.3 is 20.6 Å². The van der Waals surface area contributed by atoms with Gasteiger partial charge in [0.1, 0.15) is 0 Å². The lowest BCUT2D eigenvalue weighted by Crippen LogP contribution is -2.53. The Morgan fingerprint density at radius 1 is 1.00 bits per heavy atom. The van der Waals surface area contributed by atoms with Crippen molar-refractivity contribution in [3.05, 3.63) is 63.6 Å². The van der Waals surface area contributed by atoms with E-state index in [9.17, 15) is 14.7 Å².